The zero-order valence-corrected chi connectivity index (χ0v) is 13.9. The molecule has 1 N–H and O–H groups in total. The van der Waals surface area contributed by atoms with Gasteiger partial charge in [-0.3, -0.25) is 0 Å². The lowest BCUT2D eigenvalue weighted by atomic mass is 9.74. The molecule has 1 atom stereocenters. The smallest absolute Gasteiger partial charge is 0.209 e. The summed E-state index contributed by atoms with van der Waals surface area (Å²) in [6.07, 6.45) is 4.64. The third-order valence-electron chi connectivity index (χ3n) is 4.04. The van der Waals surface area contributed by atoms with Gasteiger partial charge in [0.25, 0.3) is 0 Å². The largest absolute Gasteiger partial charge is 0.237 e. The number of para-hydroxylation sites is 1. The van der Waals surface area contributed by atoms with Crippen LogP contribution in [0.3, 0.4) is 0 Å². The molecule has 1 aromatic heterocycles. The minimum absolute atomic E-state index is 0.0158. The monoisotopic (exact) mass is 319 g/mol. The van der Waals surface area contributed by atoms with Crippen LogP contribution in [0.1, 0.15) is 37.6 Å². The van der Waals surface area contributed by atoms with Gasteiger partial charge in [0, 0.05) is 11.3 Å². The first-order chi connectivity index (χ1) is 10.3. The summed E-state index contributed by atoms with van der Waals surface area (Å²) in [6, 6.07) is 9.72. The van der Waals surface area contributed by atoms with Gasteiger partial charge in [0.15, 0.2) is 0 Å². The third kappa shape index (κ3) is 3.08. The number of nitrogens with one attached hydrogen (secondary N) is 1. The average molecular weight is 319 g/mol. The lowest BCUT2D eigenvalue weighted by Gasteiger charge is -2.35. The molecule has 2 aromatic rings. The number of rotatable bonds is 3. The molecule has 0 aliphatic heterocycles. The Labute approximate surface area is 131 Å². The molecule has 1 aliphatic carbocycles. The Bertz CT molecular complexity index is 779. The minimum Gasteiger partial charge on any atom is -0.237 e. The molecule has 3 rings (SSSR count). The number of hydrogen-bond donors (Lipinski definition) is 1. The molecule has 0 bridgehead atoms. The molecule has 5 nitrogen and oxygen atoms in total. The van der Waals surface area contributed by atoms with Crippen LogP contribution in [-0.2, 0) is 16.4 Å². The lowest BCUT2D eigenvalue weighted by Crippen LogP contribution is -2.36. The number of nitrogens with zero attached hydrogens (tertiary/aromatic N) is 2. The highest BCUT2D eigenvalue weighted by Crippen LogP contribution is 2.41. The summed E-state index contributed by atoms with van der Waals surface area (Å²) >= 11 is 0. The highest BCUT2D eigenvalue weighted by atomic mass is 32.2. The molecule has 0 fully saturated rings. The molecule has 0 saturated heterocycles. The van der Waals surface area contributed by atoms with Gasteiger partial charge >= 0.3 is 0 Å². The fraction of sp³-hybridized carbons (Fsp3) is 0.438. The van der Waals surface area contributed by atoms with Crippen LogP contribution >= 0.6 is 0 Å². The first-order valence-electron chi connectivity index (χ1n) is 7.35. The van der Waals surface area contributed by atoms with Crippen molar-refractivity contribution in [2.75, 3.05) is 6.26 Å². The van der Waals surface area contributed by atoms with Crippen molar-refractivity contribution in [3.8, 4) is 5.69 Å². The van der Waals surface area contributed by atoms with Gasteiger partial charge in [-0.05, 0) is 30.4 Å². The van der Waals surface area contributed by atoms with Crippen molar-refractivity contribution in [2.45, 2.75) is 32.7 Å². The molecule has 6 heteroatoms. The minimum atomic E-state index is -3.26. The molecule has 0 radical (unpaired) electrons. The summed E-state index contributed by atoms with van der Waals surface area (Å²) < 4.78 is 28.0. The van der Waals surface area contributed by atoms with Gasteiger partial charge in [-0.15, -0.1) is 0 Å². The van der Waals surface area contributed by atoms with E-state index >= 15 is 0 Å². The van der Waals surface area contributed by atoms with E-state index in [2.05, 4.69) is 23.7 Å². The number of aromatic nitrogens is 2. The number of fused-ring (bicyclic) bond motifs is 1. The standard InChI is InChI=1S/C16H21N3O2S/c1-16(2)9-14(18-22(3,20)21)13-11-17-19(15(13)10-16)12-7-5-4-6-8-12/h4-8,11,14,18H,9-10H2,1-3H3/t14-/m1/s1. The highest BCUT2D eigenvalue weighted by molar-refractivity contribution is 7.88. The van der Waals surface area contributed by atoms with Crippen LogP contribution in [0.25, 0.3) is 5.69 Å². The van der Waals surface area contributed by atoms with Crippen LogP contribution in [0.5, 0.6) is 0 Å². The van der Waals surface area contributed by atoms with Crippen molar-refractivity contribution in [2.24, 2.45) is 5.41 Å². The predicted molar refractivity (Wildman–Crippen MR) is 86.4 cm³/mol. The van der Waals surface area contributed by atoms with Gasteiger partial charge in [0.2, 0.25) is 10.0 Å². The fourth-order valence-electron chi connectivity index (χ4n) is 3.20. The maximum atomic E-state index is 11.7. The zero-order valence-electron chi connectivity index (χ0n) is 13.1. The van der Waals surface area contributed by atoms with Crippen molar-refractivity contribution in [3.63, 3.8) is 0 Å². The SMILES string of the molecule is CC1(C)Cc2c(cnn2-c2ccccc2)[C@H](NS(C)(=O)=O)C1. The number of benzene rings is 1. The quantitative estimate of drug-likeness (QED) is 0.945. The maximum absolute atomic E-state index is 11.7. The van der Waals surface area contributed by atoms with E-state index in [1.165, 1.54) is 6.26 Å². The Morgan fingerprint density at radius 2 is 1.95 bits per heavy atom. The van der Waals surface area contributed by atoms with E-state index in [1.54, 1.807) is 6.20 Å². The number of hydrogen-bond acceptors (Lipinski definition) is 3. The van der Waals surface area contributed by atoms with Crippen molar-refractivity contribution >= 4 is 10.0 Å². The third-order valence-corrected chi connectivity index (χ3v) is 4.75. The van der Waals surface area contributed by atoms with E-state index in [0.29, 0.717) is 0 Å². The van der Waals surface area contributed by atoms with Crippen LogP contribution in [-0.4, -0.2) is 24.5 Å². The average Bonchev–Trinajstić information content (AvgIpc) is 2.80. The second kappa shape index (κ2) is 5.21. The van der Waals surface area contributed by atoms with Crippen LogP contribution in [0.4, 0.5) is 0 Å². The van der Waals surface area contributed by atoms with E-state index in [1.807, 2.05) is 35.0 Å². The first kappa shape index (κ1) is 15.2. The summed E-state index contributed by atoms with van der Waals surface area (Å²) in [7, 11) is -3.26. The molecule has 0 saturated carbocycles. The summed E-state index contributed by atoms with van der Waals surface area (Å²) in [5, 5.41) is 4.50. The molecular weight excluding hydrogens is 298 g/mol. The number of sulfonamides is 1. The zero-order chi connectivity index (χ0) is 16.0. The molecule has 0 unspecified atom stereocenters. The molecule has 0 amide bonds. The van der Waals surface area contributed by atoms with E-state index in [9.17, 15) is 8.42 Å². The second-order valence-corrected chi connectivity index (χ2v) is 8.56. The van der Waals surface area contributed by atoms with E-state index in [4.69, 9.17) is 0 Å². The molecule has 1 heterocycles. The van der Waals surface area contributed by atoms with E-state index < -0.39 is 10.0 Å². The fourth-order valence-corrected chi connectivity index (χ4v) is 3.92. The summed E-state index contributed by atoms with van der Waals surface area (Å²) in [4.78, 5) is 0. The van der Waals surface area contributed by atoms with Crippen molar-refractivity contribution in [3.05, 3.63) is 47.8 Å². The highest BCUT2D eigenvalue weighted by Gasteiger charge is 2.36. The van der Waals surface area contributed by atoms with Gasteiger partial charge in [-0.2, -0.15) is 5.10 Å². The first-order valence-corrected chi connectivity index (χ1v) is 9.24. The molecule has 118 valence electrons. The molecule has 1 aromatic carbocycles. The summed E-state index contributed by atoms with van der Waals surface area (Å²) in [5.74, 6) is 0. The van der Waals surface area contributed by atoms with Crippen molar-refractivity contribution < 1.29 is 8.42 Å². The van der Waals surface area contributed by atoms with Gasteiger partial charge < -0.3 is 0 Å². The van der Waals surface area contributed by atoms with Crippen LogP contribution < -0.4 is 4.72 Å². The van der Waals surface area contributed by atoms with Gasteiger partial charge in [0.1, 0.15) is 0 Å². The molecule has 22 heavy (non-hydrogen) atoms. The van der Waals surface area contributed by atoms with Crippen molar-refractivity contribution in [1.29, 1.82) is 0 Å². The summed E-state index contributed by atoms with van der Waals surface area (Å²) in [6.45, 7) is 4.32. The Kier molecular flexibility index (Phi) is 3.61. The Balaban J connectivity index is 2.07. The normalized spacial score (nSPS) is 20.6. The van der Waals surface area contributed by atoms with E-state index in [0.717, 1.165) is 29.8 Å². The second-order valence-electron chi connectivity index (χ2n) is 6.78. The van der Waals surface area contributed by atoms with Crippen molar-refractivity contribution in [1.82, 2.24) is 14.5 Å². The maximum Gasteiger partial charge on any atom is 0.209 e. The lowest BCUT2D eigenvalue weighted by molar-refractivity contribution is 0.269. The topological polar surface area (TPSA) is 64.0 Å². The Hall–Kier alpha value is -1.66. The Morgan fingerprint density at radius 3 is 2.59 bits per heavy atom. The molecule has 0 spiro atoms. The molecule has 1 aliphatic rings. The van der Waals surface area contributed by atoms with Crippen LogP contribution in [0, 0.1) is 5.41 Å². The predicted octanol–water partition coefficient (Wildman–Crippen LogP) is 2.44. The van der Waals surface area contributed by atoms with Crippen LogP contribution in [0.2, 0.25) is 0 Å². The summed E-state index contributed by atoms with van der Waals surface area (Å²) in [5.41, 5.74) is 3.08. The molecular formula is C16H21N3O2S. The van der Waals surface area contributed by atoms with Crippen LogP contribution in [0.15, 0.2) is 36.5 Å². The van der Waals surface area contributed by atoms with Gasteiger partial charge in [0.05, 0.1) is 24.2 Å². The Morgan fingerprint density at radius 1 is 1.27 bits per heavy atom. The van der Waals surface area contributed by atoms with Gasteiger partial charge in [-0.1, -0.05) is 32.0 Å². The van der Waals surface area contributed by atoms with Gasteiger partial charge in [-0.25, -0.2) is 17.8 Å². The van der Waals surface area contributed by atoms with E-state index in [-0.39, 0.29) is 11.5 Å².